The van der Waals surface area contributed by atoms with Crippen LogP contribution in [-0.4, -0.2) is 78.9 Å². The van der Waals surface area contributed by atoms with Gasteiger partial charge in [-0.3, -0.25) is 24.6 Å². The maximum absolute atomic E-state index is 12.9. The standard InChI is InChI=1S/C25H33N5O3/c31-22-4-3-21(23(32)27-22)30-14-17-13-19(1-2-20(17)24(30)33)28-11-5-18(6-12-28)29-15-25(16-29)7-9-26-10-8-25/h1-2,13,18,21,26H,3-12,14-16H2,(H,27,31,32). The molecule has 1 atom stereocenters. The Labute approximate surface area is 194 Å². The van der Waals surface area contributed by atoms with E-state index in [1.807, 2.05) is 6.07 Å². The van der Waals surface area contributed by atoms with Crippen LogP contribution in [0.15, 0.2) is 18.2 Å². The van der Waals surface area contributed by atoms with Gasteiger partial charge in [0, 0.05) is 56.4 Å². The average molecular weight is 452 g/mol. The van der Waals surface area contributed by atoms with Gasteiger partial charge in [0.25, 0.3) is 5.91 Å². The molecule has 6 rings (SSSR count). The second kappa shape index (κ2) is 8.09. The van der Waals surface area contributed by atoms with Crippen LogP contribution in [0.4, 0.5) is 5.69 Å². The molecule has 3 amide bonds. The van der Waals surface area contributed by atoms with Gasteiger partial charge >= 0.3 is 0 Å². The van der Waals surface area contributed by atoms with Crippen molar-refractivity contribution in [3.63, 3.8) is 0 Å². The minimum Gasteiger partial charge on any atom is -0.371 e. The van der Waals surface area contributed by atoms with E-state index in [1.165, 1.54) is 57.5 Å². The third-order valence-electron chi connectivity index (χ3n) is 8.59. The summed E-state index contributed by atoms with van der Waals surface area (Å²) in [7, 11) is 0. The van der Waals surface area contributed by atoms with Crippen molar-refractivity contribution in [3.05, 3.63) is 29.3 Å². The van der Waals surface area contributed by atoms with Crippen molar-refractivity contribution in [1.82, 2.24) is 20.4 Å². The van der Waals surface area contributed by atoms with Crippen LogP contribution in [0.5, 0.6) is 0 Å². The number of hydrogen-bond acceptors (Lipinski definition) is 6. The third kappa shape index (κ3) is 3.73. The summed E-state index contributed by atoms with van der Waals surface area (Å²) in [5.41, 5.74) is 3.43. The van der Waals surface area contributed by atoms with Gasteiger partial charge in [-0.2, -0.15) is 0 Å². The molecule has 1 unspecified atom stereocenters. The van der Waals surface area contributed by atoms with Gasteiger partial charge in [-0.25, -0.2) is 0 Å². The highest BCUT2D eigenvalue weighted by Gasteiger charge is 2.46. The molecule has 33 heavy (non-hydrogen) atoms. The highest BCUT2D eigenvalue weighted by molar-refractivity contribution is 6.05. The second-order valence-corrected chi connectivity index (χ2v) is 10.6. The molecule has 176 valence electrons. The van der Waals surface area contributed by atoms with Crippen LogP contribution in [0.2, 0.25) is 0 Å². The molecule has 0 radical (unpaired) electrons. The first-order valence-corrected chi connectivity index (χ1v) is 12.5. The van der Waals surface area contributed by atoms with E-state index in [-0.39, 0.29) is 24.1 Å². The zero-order valence-corrected chi connectivity index (χ0v) is 19.1. The minimum atomic E-state index is -0.554. The van der Waals surface area contributed by atoms with E-state index in [9.17, 15) is 14.4 Å². The average Bonchev–Trinajstić information content (AvgIpc) is 3.13. The molecular weight excluding hydrogens is 418 g/mol. The fraction of sp³-hybridized carbons (Fsp3) is 0.640. The number of fused-ring (bicyclic) bond motifs is 1. The first-order chi connectivity index (χ1) is 16.0. The topological polar surface area (TPSA) is 85.0 Å². The van der Waals surface area contributed by atoms with Gasteiger partial charge < -0.3 is 15.1 Å². The van der Waals surface area contributed by atoms with Crippen LogP contribution in [0.25, 0.3) is 0 Å². The lowest BCUT2D eigenvalue weighted by Gasteiger charge is -2.56. The lowest BCUT2D eigenvalue weighted by molar-refractivity contribution is -0.136. The molecule has 8 nitrogen and oxygen atoms in total. The number of amides is 3. The van der Waals surface area contributed by atoms with Gasteiger partial charge in [0.15, 0.2) is 0 Å². The largest absolute Gasteiger partial charge is 0.371 e. The van der Waals surface area contributed by atoms with Gasteiger partial charge in [0.05, 0.1) is 0 Å². The number of benzene rings is 1. The smallest absolute Gasteiger partial charge is 0.255 e. The summed E-state index contributed by atoms with van der Waals surface area (Å²) in [5, 5.41) is 5.86. The Morgan fingerprint density at radius 1 is 0.970 bits per heavy atom. The summed E-state index contributed by atoms with van der Waals surface area (Å²) in [6.45, 7) is 7.42. The molecule has 1 spiro atoms. The van der Waals surface area contributed by atoms with E-state index in [2.05, 4.69) is 32.6 Å². The molecule has 1 aromatic carbocycles. The van der Waals surface area contributed by atoms with Crippen LogP contribution < -0.4 is 15.5 Å². The summed E-state index contributed by atoms with van der Waals surface area (Å²) in [4.78, 5) is 43.5. The molecule has 4 saturated heterocycles. The Kier molecular flexibility index (Phi) is 5.18. The van der Waals surface area contributed by atoms with Crippen LogP contribution in [0.3, 0.4) is 0 Å². The zero-order valence-electron chi connectivity index (χ0n) is 19.1. The zero-order chi connectivity index (χ0) is 22.6. The second-order valence-electron chi connectivity index (χ2n) is 10.6. The predicted molar refractivity (Wildman–Crippen MR) is 124 cm³/mol. The number of carbonyl (C=O) groups excluding carboxylic acids is 3. The third-order valence-corrected chi connectivity index (χ3v) is 8.59. The number of nitrogens with one attached hydrogen (secondary N) is 2. The van der Waals surface area contributed by atoms with E-state index in [4.69, 9.17) is 0 Å². The number of anilines is 1. The van der Waals surface area contributed by atoms with Crippen molar-refractivity contribution >= 4 is 23.4 Å². The summed E-state index contributed by atoms with van der Waals surface area (Å²) >= 11 is 0. The van der Waals surface area contributed by atoms with Gasteiger partial charge in [0.2, 0.25) is 11.8 Å². The van der Waals surface area contributed by atoms with Crippen LogP contribution in [0, 0.1) is 5.41 Å². The Balaban J connectivity index is 1.07. The molecule has 0 bridgehead atoms. The molecule has 1 aromatic rings. The Morgan fingerprint density at radius 2 is 1.73 bits per heavy atom. The quantitative estimate of drug-likeness (QED) is 0.670. The van der Waals surface area contributed by atoms with Crippen LogP contribution in [-0.2, 0) is 16.1 Å². The first-order valence-electron chi connectivity index (χ1n) is 12.5. The molecular formula is C25H33N5O3. The highest BCUT2D eigenvalue weighted by atomic mass is 16.2. The molecule has 2 N–H and O–H groups in total. The van der Waals surface area contributed by atoms with Crippen molar-refractivity contribution in [2.45, 2.75) is 57.2 Å². The van der Waals surface area contributed by atoms with Crippen molar-refractivity contribution in [1.29, 1.82) is 0 Å². The maximum Gasteiger partial charge on any atom is 0.255 e. The lowest BCUT2D eigenvalue weighted by Crippen LogP contribution is -2.63. The van der Waals surface area contributed by atoms with Crippen molar-refractivity contribution in [3.8, 4) is 0 Å². The summed E-state index contributed by atoms with van der Waals surface area (Å²) in [6, 6.07) is 6.25. The number of rotatable bonds is 3. The minimum absolute atomic E-state index is 0.102. The van der Waals surface area contributed by atoms with E-state index < -0.39 is 6.04 Å². The number of likely N-dealkylation sites (tertiary alicyclic amines) is 1. The first kappa shape index (κ1) is 21.1. The van der Waals surface area contributed by atoms with Crippen LogP contribution in [0.1, 0.15) is 54.4 Å². The molecule has 5 heterocycles. The van der Waals surface area contributed by atoms with Crippen molar-refractivity contribution in [2.75, 3.05) is 44.2 Å². The van der Waals surface area contributed by atoms with Crippen molar-refractivity contribution in [2.24, 2.45) is 5.41 Å². The molecule has 0 aliphatic carbocycles. The molecule has 0 saturated carbocycles. The molecule has 0 aromatic heterocycles. The number of carbonyl (C=O) groups is 3. The van der Waals surface area contributed by atoms with Crippen molar-refractivity contribution < 1.29 is 14.4 Å². The van der Waals surface area contributed by atoms with E-state index in [0.29, 0.717) is 30.0 Å². The predicted octanol–water partition coefficient (Wildman–Crippen LogP) is 1.10. The number of nitrogens with zero attached hydrogens (tertiary/aromatic N) is 3. The van der Waals surface area contributed by atoms with Crippen LogP contribution >= 0.6 is 0 Å². The molecule has 8 heteroatoms. The normalized spacial score (nSPS) is 28.1. The fourth-order valence-electron chi connectivity index (χ4n) is 6.59. The Hall–Kier alpha value is -2.45. The fourth-order valence-corrected chi connectivity index (χ4v) is 6.59. The van der Waals surface area contributed by atoms with Gasteiger partial charge in [0.1, 0.15) is 6.04 Å². The SMILES string of the molecule is O=C1CCC(N2Cc3cc(N4CCC(N5CC6(CCNCC6)C5)CC4)ccc3C2=O)C(=O)N1. The summed E-state index contributed by atoms with van der Waals surface area (Å²) < 4.78 is 0. The molecule has 5 aliphatic heterocycles. The molecule has 5 aliphatic rings. The summed E-state index contributed by atoms with van der Waals surface area (Å²) in [5.74, 6) is -0.711. The maximum atomic E-state index is 12.9. The monoisotopic (exact) mass is 451 g/mol. The number of hydrogen-bond donors (Lipinski definition) is 2. The number of imide groups is 1. The van der Waals surface area contributed by atoms with Gasteiger partial charge in [-0.1, -0.05) is 0 Å². The van der Waals surface area contributed by atoms with Gasteiger partial charge in [-0.05, 0) is 74.4 Å². The van der Waals surface area contributed by atoms with E-state index >= 15 is 0 Å². The Bertz CT molecular complexity index is 972. The Morgan fingerprint density at radius 3 is 2.45 bits per heavy atom. The lowest BCUT2D eigenvalue weighted by atomic mass is 9.71. The summed E-state index contributed by atoms with van der Waals surface area (Å²) in [6.07, 6.45) is 5.71. The van der Waals surface area contributed by atoms with Gasteiger partial charge in [-0.15, -0.1) is 0 Å². The highest BCUT2D eigenvalue weighted by Crippen LogP contribution is 2.41. The number of piperidine rings is 3. The van der Waals surface area contributed by atoms with E-state index in [1.54, 1.807) is 4.90 Å². The van der Waals surface area contributed by atoms with E-state index in [0.717, 1.165) is 18.7 Å². The molecule has 4 fully saturated rings.